The lowest BCUT2D eigenvalue weighted by Crippen LogP contribution is -2.01. The zero-order chi connectivity index (χ0) is 13.7. The number of ether oxygens (including phenoxy) is 1. The molecule has 100 valence electrons. The smallest absolute Gasteiger partial charge is 0.207 e. The van der Waals surface area contributed by atoms with Crippen molar-refractivity contribution in [2.45, 2.75) is 20.4 Å². The van der Waals surface area contributed by atoms with Crippen LogP contribution in [-0.2, 0) is 6.54 Å². The maximum absolute atomic E-state index is 5.42. The molecule has 4 nitrogen and oxygen atoms in total. The summed E-state index contributed by atoms with van der Waals surface area (Å²) in [4.78, 5) is 4.46. The molecule has 0 amide bonds. The van der Waals surface area contributed by atoms with Crippen LogP contribution in [0, 0.1) is 6.92 Å². The van der Waals surface area contributed by atoms with E-state index in [2.05, 4.69) is 16.9 Å². The Labute approximate surface area is 113 Å². The molecule has 2 rings (SSSR count). The van der Waals surface area contributed by atoms with E-state index in [9.17, 15) is 0 Å². The highest BCUT2D eigenvalue weighted by atomic mass is 16.5. The number of aryl methyl sites for hydroxylation is 1. The van der Waals surface area contributed by atoms with Gasteiger partial charge in [-0.2, -0.15) is 0 Å². The van der Waals surface area contributed by atoms with E-state index in [0.29, 0.717) is 6.61 Å². The maximum Gasteiger partial charge on any atom is 0.207 e. The van der Waals surface area contributed by atoms with Gasteiger partial charge in [0.1, 0.15) is 5.75 Å². The van der Waals surface area contributed by atoms with E-state index >= 15 is 0 Å². The topological polar surface area (TPSA) is 39.1 Å². The molecule has 0 spiro atoms. The average Bonchev–Trinajstić information content (AvgIpc) is 2.73. The van der Waals surface area contributed by atoms with Gasteiger partial charge in [0.15, 0.2) is 0 Å². The van der Waals surface area contributed by atoms with Crippen LogP contribution in [0.3, 0.4) is 0 Å². The second kappa shape index (κ2) is 6.09. The number of hydrogen-bond donors (Lipinski definition) is 1. The summed E-state index contributed by atoms with van der Waals surface area (Å²) in [5.41, 5.74) is 1.97. The molecule has 0 aliphatic carbocycles. The molecule has 0 fully saturated rings. The minimum atomic E-state index is 0.676. The average molecular weight is 257 g/mol. The number of hydrogen-bond acceptors (Lipinski definition) is 3. The third-order valence-corrected chi connectivity index (χ3v) is 2.64. The van der Waals surface area contributed by atoms with E-state index < -0.39 is 0 Å². The Morgan fingerprint density at radius 3 is 2.74 bits per heavy atom. The molecule has 1 N–H and O–H groups in total. The summed E-state index contributed by atoms with van der Waals surface area (Å²) >= 11 is 0. The van der Waals surface area contributed by atoms with Crippen molar-refractivity contribution >= 4 is 11.6 Å². The summed E-state index contributed by atoms with van der Waals surface area (Å²) in [5.74, 6) is 1.69. The van der Waals surface area contributed by atoms with E-state index in [1.165, 1.54) is 0 Å². The van der Waals surface area contributed by atoms with Gasteiger partial charge in [0, 0.05) is 18.4 Å². The second-order valence-electron chi connectivity index (χ2n) is 4.23. The summed E-state index contributed by atoms with van der Waals surface area (Å²) in [6.45, 7) is 9.11. The molecule has 0 bridgehead atoms. The molecule has 0 atom stereocenters. The summed E-state index contributed by atoms with van der Waals surface area (Å²) in [5, 5.41) is 3.30. The van der Waals surface area contributed by atoms with Crippen molar-refractivity contribution in [3.05, 3.63) is 48.8 Å². The molecule has 0 saturated heterocycles. The zero-order valence-electron chi connectivity index (χ0n) is 11.4. The number of benzene rings is 1. The predicted molar refractivity (Wildman–Crippen MR) is 78.1 cm³/mol. The van der Waals surface area contributed by atoms with Crippen molar-refractivity contribution < 1.29 is 4.74 Å². The third-order valence-electron chi connectivity index (χ3n) is 2.64. The summed E-state index contributed by atoms with van der Waals surface area (Å²) in [6, 6.07) is 7.85. The number of nitrogens with zero attached hydrogens (tertiary/aromatic N) is 2. The summed E-state index contributed by atoms with van der Waals surface area (Å²) in [7, 11) is 0. The van der Waals surface area contributed by atoms with Gasteiger partial charge in [-0.1, -0.05) is 6.08 Å². The molecule has 1 aromatic carbocycles. The monoisotopic (exact) mass is 257 g/mol. The Bertz CT molecular complexity index is 543. The summed E-state index contributed by atoms with van der Waals surface area (Å²) < 4.78 is 7.44. The second-order valence-corrected chi connectivity index (χ2v) is 4.23. The molecule has 2 aromatic rings. The zero-order valence-corrected chi connectivity index (χ0v) is 11.4. The van der Waals surface area contributed by atoms with Crippen LogP contribution in [0.1, 0.15) is 12.6 Å². The fraction of sp³-hybridized carbons (Fsp3) is 0.267. The van der Waals surface area contributed by atoms with E-state index in [4.69, 9.17) is 4.74 Å². The number of anilines is 2. The molecular weight excluding hydrogens is 238 g/mol. The Balaban J connectivity index is 2.13. The van der Waals surface area contributed by atoms with Crippen LogP contribution in [0.2, 0.25) is 0 Å². The van der Waals surface area contributed by atoms with Crippen molar-refractivity contribution in [1.82, 2.24) is 9.55 Å². The van der Waals surface area contributed by atoms with Crippen LogP contribution >= 0.6 is 0 Å². The van der Waals surface area contributed by atoms with Crippen LogP contribution < -0.4 is 10.1 Å². The first kappa shape index (κ1) is 13.2. The van der Waals surface area contributed by atoms with E-state index in [0.717, 1.165) is 29.6 Å². The number of rotatable bonds is 6. The molecule has 0 saturated carbocycles. The molecule has 4 heteroatoms. The Hall–Kier alpha value is -2.23. The first-order valence-corrected chi connectivity index (χ1v) is 6.37. The molecule has 19 heavy (non-hydrogen) atoms. The van der Waals surface area contributed by atoms with Crippen LogP contribution in [0.4, 0.5) is 11.6 Å². The fourth-order valence-electron chi connectivity index (χ4n) is 1.86. The molecule has 0 radical (unpaired) electrons. The van der Waals surface area contributed by atoms with Crippen molar-refractivity contribution in [2.24, 2.45) is 0 Å². The third kappa shape index (κ3) is 3.37. The Morgan fingerprint density at radius 2 is 2.11 bits per heavy atom. The van der Waals surface area contributed by atoms with E-state index in [1.54, 1.807) is 0 Å². The summed E-state index contributed by atoms with van der Waals surface area (Å²) in [6.07, 6.45) is 3.85. The highest BCUT2D eigenvalue weighted by molar-refractivity contribution is 5.55. The maximum atomic E-state index is 5.42. The first-order chi connectivity index (χ1) is 9.22. The lowest BCUT2D eigenvalue weighted by atomic mass is 10.3. The predicted octanol–water partition coefficient (Wildman–Crippen LogP) is 3.52. The van der Waals surface area contributed by atoms with Gasteiger partial charge in [-0.15, -0.1) is 6.58 Å². The standard InChI is InChI=1S/C15H19N3O/c1-4-10-18-11-12(3)16-15(18)17-13-6-8-14(9-7-13)19-5-2/h4,6-9,11H,1,5,10H2,2-3H3,(H,16,17). The number of allylic oxidation sites excluding steroid dienone is 1. The highest BCUT2D eigenvalue weighted by Gasteiger charge is 2.04. The molecule has 1 aromatic heterocycles. The molecule has 0 aliphatic heterocycles. The lowest BCUT2D eigenvalue weighted by Gasteiger charge is -2.09. The lowest BCUT2D eigenvalue weighted by molar-refractivity contribution is 0.340. The quantitative estimate of drug-likeness (QED) is 0.805. The van der Waals surface area contributed by atoms with Gasteiger partial charge in [0.25, 0.3) is 0 Å². The fourth-order valence-corrected chi connectivity index (χ4v) is 1.86. The van der Waals surface area contributed by atoms with Gasteiger partial charge in [0.05, 0.1) is 12.3 Å². The SMILES string of the molecule is C=CCn1cc(C)nc1Nc1ccc(OCC)cc1. The normalized spacial score (nSPS) is 10.2. The molecular formula is C15H19N3O. The largest absolute Gasteiger partial charge is 0.494 e. The minimum Gasteiger partial charge on any atom is -0.494 e. The molecule has 0 aliphatic rings. The Kier molecular flexibility index (Phi) is 4.23. The number of nitrogens with one attached hydrogen (secondary N) is 1. The van der Waals surface area contributed by atoms with Gasteiger partial charge in [-0.05, 0) is 38.1 Å². The van der Waals surface area contributed by atoms with E-state index in [-0.39, 0.29) is 0 Å². The number of imidazole rings is 1. The van der Waals surface area contributed by atoms with Gasteiger partial charge < -0.3 is 14.6 Å². The number of aromatic nitrogens is 2. The van der Waals surface area contributed by atoms with Crippen LogP contribution in [0.25, 0.3) is 0 Å². The molecule has 0 unspecified atom stereocenters. The first-order valence-electron chi connectivity index (χ1n) is 6.37. The minimum absolute atomic E-state index is 0.676. The van der Waals surface area contributed by atoms with Crippen LogP contribution in [0.15, 0.2) is 43.1 Å². The van der Waals surface area contributed by atoms with Gasteiger partial charge in [-0.3, -0.25) is 0 Å². The van der Waals surface area contributed by atoms with Crippen molar-refractivity contribution in [2.75, 3.05) is 11.9 Å². The molecule has 1 heterocycles. The van der Waals surface area contributed by atoms with Crippen molar-refractivity contribution in [3.63, 3.8) is 0 Å². The van der Waals surface area contributed by atoms with Gasteiger partial charge >= 0.3 is 0 Å². The van der Waals surface area contributed by atoms with E-state index in [1.807, 2.05) is 55.0 Å². The van der Waals surface area contributed by atoms with Crippen molar-refractivity contribution in [1.29, 1.82) is 0 Å². The van der Waals surface area contributed by atoms with Crippen LogP contribution in [0.5, 0.6) is 5.75 Å². The van der Waals surface area contributed by atoms with Gasteiger partial charge in [0.2, 0.25) is 5.95 Å². The highest BCUT2D eigenvalue weighted by Crippen LogP contribution is 2.20. The van der Waals surface area contributed by atoms with Crippen LogP contribution in [-0.4, -0.2) is 16.2 Å². The van der Waals surface area contributed by atoms with Gasteiger partial charge in [-0.25, -0.2) is 4.98 Å². The van der Waals surface area contributed by atoms with Crippen molar-refractivity contribution in [3.8, 4) is 5.75 Å². The Morgan fingerprint density at radius 1 is 1.37 bits per heavy atom.